The van der Waals surface area contributed by atoms with Crippen molar-refractivity contribution < 1.29 is 4.74 Å². The molecule has 1 aliphatic heterocycles. The number of rotatable bonds is 2. The molecule has 1 saturated heterocycles. The first-order valence-electron chi connectivity index (χ1n) is 4.91. The van der Waals surface area contributed by atoms with E-state index in [0.717, 1.165) is 25.5 Å². The molecule has 0 bridgehead atoms. The lowest BCUT2D eigenvalue weighted by molar-refractivity contribution is 0.174. The number of nitrogens with zero attached hydrogens (tertiary/aromatic N) is 2. The SMILES string of the molecule is Cc1n[nH]c(=S)n1C(C)C1CCOC1. The van der Waals surface area contributed by atoms with Crippen LogP contribution < -0.4 is 0 Å². The lowest BCUT2D eigenvalue weighted by Crippen LogP contribution is -2.18. The van der Waals surface area contributed by atoms with E-state index in [1.54, 1.807) is 0 Å². The Bertz CT molecular complexity index is 364. The van der Waals surface area contributed by atoms with E-state index in [-0.39, 0.29) is 0 Å². The first-order valence-corrected chi connectivity index (χ1v) is 5.32. The topological polar surface area (TPSA) is 42.8 Å². The predicted octanol–water partition coefficient (Wildman–Crippen LogP) is 1.85. The fourth-order valence-corrected chi connectivity index (χ4v) is 2.35. The minimum Gasteiger partial charge on any atom is -0.381 e. The van der Waals surface area contributed by atoms with E-state index >= 15 is 0 Å². The summed E-state index contributed by atoms with van der Waals surface area (Å²) in [5, 5.41) is 6.93. The molecule has 14 heavy (non-hydrogen) atoms. The summed E-state index contributed by atoms with van der Waals surface area (Å²) in [5.74, 6) is 1.52. The van der Waals surface area contributed by atoms with E-state index in [2.05, 4.69) is 21.7 Å². The van der Waals surface area contributed by atoms with Gasteiger partial charge in [0.15, 0.2) is 4.77 Å². The first kappa shape index (κ1) is 9.86. The zero-order chi connectivity index (χ0) is 10.1. The molecule has 1 aliphatic rings. The van der Waals surface area contributed by atoms with E-state index in [1.807, 2.05) is 6.92 Å². The molecule has 1 fully saturated rings. The maximum atomic E-state index is 5.38. The van der Waals surface area contributed by atoms with Gasteiger partial charge in [-0.15, -0.1) is 0 Å². The fraction of sp³-hybridized carbons (Fsp3) is 0.778. The van der Waals surface area contributed by atoms with Gasteiger partial charge in [0.2, 0.25) is 0 Å². The number of aromatic nitrogens is 3. The monoisotopic (exact) mass is 213 g/mol. The van der Waals surface area contributed by atoms with Gasteiger partial charge >= 0.3 is 0 Å². The van der Waals surface area contributed by atoms with Crippen LogP contribution in [0.1, 0.15) is 25.2 Å². The number of aryl methyl sites for hydroxylation is 1. The standard InChI is InChI=1S/C9H15N3OS/c1-6(8-3-4-13-5-8)12-7(2)10-11-9(12)14/h6,8H,3-5H2,1-2H3,(H,11,14). The van der Waals surface area contributed by atoms with Crippen LogP contribution in [0.15, 0.2) is 0 Å². The summed E-state index contributed by atoms with van der Waals surface area (Å²) in [6.07, 6.45) is 1.12. The zero-order valence-electron chi connectivity index (χ0n) is 8.49. The number of H-pyrrole nitrogens is 1. The van der Waals surface area contributed by atoms with Gasteiger partial charge in [-0.05, 0) is 32.5 Å². The second-order valence-electron chi connectivity index (χ2n) is 3.81. The Morgan fingerprint density at radius 2 is 2.50 bits per heavy atom. The Morgan fingerprint density at radius 1 is 1.71 bits per heavy atom. The van der Waals surface area contributed by atoms with Crippen LogP contribution in [0.25, 0.3) is 0 Å². The lowest BCUT2D eigenvalue weighted by Gasteiger charge is -2.19. The van der Waals surface area contributed by atoms with Gasteiger partial charge in [-0.1, -0.05) is 0 Å². The van der Waals surface area contributed by atoms with Gasteiger partial charge in [-0.2, -0.15) is 5.10 Å². The molecule has 2 unspecified atom stereocenters. The van der Waals surface area contributed by atoms with Gasteiger partial charge in [0, 0.05) is 18.6 Å². The van der Waals surface area contributed by atoms with Crippen LogP contribution in [0.3, 0.4) is 0 Å². The van der Waals surface area contributed by atoms with E-state index in [1.165, 1.54) is 0 Å². The van der Waals surface area contributed by atoms with Crippen LogP contribution in [0.4, 0.5) is 0 Å². The molecule has 0 radical (unpaired) electrons. The maximum Gasteiger partial charge on any atom is 0.195 e. The molecule has 2 heterocycles. The van der Waals surface area contributed by atoms with Gasteiger partial charge in [0.05, 0.1) is 6.61 Å². The van der Waals surface area contributed by atoms with Gasteiger partial charge < -0.3 is 9.30 Å². The summed E-state index contributed by atoms with van der Waals surface area (Å²) >= 11 is 5.19. The Kier molecular flexibility index (Phi) is 2.69. The van der Waals surface area contributed by atoms with Gasteiger partial charge in [0.1, 0.15) is 5.82 Å². The summed E-state index contributed by atoms with van der Waals surface area (Å²) in [5.41, 5.74) is 0. The summed E-state index contributed by atoms with van der Waals surface area (Å²) in [6, 6.07) is 0.378. The molecule has 2 rings (SSSR count). The van der Waals surface area contributed by atoms with Crippen molar-refractivity contribution in [3.8, 4) is 0 Å². The summed E-state index contributed by atoms with van der Waals surface area (Å²) in [6.45, 7) is 5.86. The molecule has 0 amide bonds. The molecule has 0 spiro atoms. The van der Waals surface area contributed by atoms with Crippen molar-refractivity contribution in [2.45, 2.75) is 26.3 Å². The average molecular weight is 213 g/mol. The third kappa shape index (κ3) is 1.62. The second-order valence-corrected chi connectivity index (χ2v) is 4.20. The van der Waals surface area contributed by atoms with Crippen molar-refractivity contribution in [2.75, 3.05) is 13.2 Å². The van der Waals surface area contributed by atoms with Crippen molar-refractivity contribution in [1.29, 1.82) is 0 Å². The van der Waals surface area contributed by atoms with Crippen LogP contribution in [-0.4, -0.2) is 28.0 Å². The van der Waals surface area contributed by atoms with Crippen molar-refractivity contribution >= 4 is 12.2 Å². The highest BCUT2D eigenvalue weighted by molar-refractivity contribution is 7.71. The molecular formula is C9H15N3OS. The van der Waals surface area contributed by atoms with E-state index < -0.39 is 0 Å². The Hall–Kier alpha value is -0.680. The van der Waals surface area contributed by atoms with Gasteiger partial charge in [0.25, 0.3) is 0 Å². The number of ether oxygens (including phenoxy) is 1. The minimum atomic E-state index is 0.378. The predicted molar refractivity (Wildman–Crippen MR) is 55.8 cm³/mol. The highest BCUT2D eigenvalue weighted by atomic mass is 32.1. The molecule has 0 aromatic carbocycles. The summed E-state index contributed by atoms with van der Waals surface area (Å²) in [7, 11) is 0. The van der Waals surface area contributed by atoms with Crippen LogP contribution in [-0.2, 0) is 4.74 Å². The number of aromatic amines is 1. The largest absolute Gasteiger partial charge is 0.381 e. The van der Waals surface area contributed by atoms with E-state index in [4.69, 9.17) is 17.0 Å². The zero-order valence-corrected chi connectivity index (χ0v) is 9.30. The Balaban J connectivity index is 2.25. The van der Waals surface area contributed by atoms with Crippen LogP contribution >= 0.6 is 12.2 Å². The quantitative estimate of drug-likeness (QED) is 0.762. The van der Waals surface area contributed by atoms with Crippen LogP contribution in [0.5, 0.6) is 0 Å². The number of hydrogen-bond acceptors (Lipinski definition) is 3. The first-order chi connectivity index (χ1) is 6.70. The smallest absolute Gasteiger partial charge is 0.195 e. The second kappa shape index (κ2) is 3.82. The van der Waals surface area contributed by atoms with E-state index in [9.17, 15) is 0 Å². The molecule has 1 aromatic heterocycles. The number of hydrogen-bond donors (Lipinski definition) is 1. The molecule has 1 N–H and O–H groups in total. The molecule has 0 aliphatic carbocycles. The maximum absolute atomic E-state index is 5.38. The third-order valence-electron chi connectivity index (χ3n) is 2.94. The van der Waals surface area contributed by atoms with Gasteiger partial charge in [-0.3, -0.25) is 5.10 Å². The fourth-order valence-electron chi connectivity index (χ4n) is 2.01. The number of nitrogens with one attached hydrogen (secondary N) is 1. The Labute approximate surface area is 88.3 Å². The molecule has 2 atom stereocenters. The summed E-state index contributed by atoms with van der Waals surface area (Å²) in [4.78, 5) is 0. The molecule has 4 nitrogen and oxygen atoms in total. The van der Waals surface area contributed by atoms with Crippen molar-refractivity contribution in [3.05, 3.63) is 10.6 Å². The molecule has 0 saturated carbocycles. The average Bonchev–Trinajstić information content (AvgIpc) is 2.75. The highest BCUT2D eigenvalue weighted by Gasteiger charge is 2.24. The van der Waals surface area contributed by atoms with Crippen LogP contribution in [0.2, 0.25) is 0 Å². The minimum absolute atomic E-state index is 0.378. The molecule has 1 aromatic rings. The summed E-state index contributed by atoms with van der Waals surface area (Å²) < 4.78 is 8.17. The molecule has 78 valence electrons. The highest BCUT2D eigenvalue weighted by Crippen LogP contribution is 2.26. The Morgan fingerprint density at radius 3 is 3.00 bits per heavy atom. The van der Waals surface area contributed by atoms with Crippen molar-refractivity contribution in [2.24, 2.45) is 5.92 Å². The third-order valence-corrected chi connectivity index (χ3v) is 3.22. The molecular weight excluding hydrogens is 198 g/mol. The molecule has 5 heteroatoms. The van der Waals surface area contributed by atoms with Crippen LogP contribution in [0, 0.1) is 17.6 Å². The van der Waals surface area contributed by atoms with Gasteiger partial charge in [-0.25, -0.2) is 0 Å². The van der Waals surface area contributed by atoms with E-state index in [0.29, 0.717) is 16.7 Å². The normalized spacial score (nSPS) is 24.0. The van der Waals surface area contributed by atoms with Crippen molar-refractivity contribution in [3.63, 3.8) is 0 Å². The lowest BCUT2D eigenvalue weighted by atomic mass is 10.0. The van der Waals surface area contributed by atoms with Crippen molar-refractivity contribution in [1.82, 2.24) is 14.8 Å².